The van der Waals surface area contributed by atoms with Crippen LogP contribution in [0.4, 0.5) is 0 Å². The lowest BCUT2D eigenvalue weighted by Crippen LogP contribution is -2.17. The standard InChI is InChI=1S/C22H22N2OS/c1-15-7-9-16(10-8-15)21-23-22(26)19-5-3-4-6-20(19)24(21)17-11-13-18(25-2)14-12-17/h7-14H,3-6H2,1-2H3. The summed E-state index contributed by atoms with van der Waals surface area (Å²) in [6.45, 7) is 2.10. The predicted octanol–water partition coefficient (Wildman–Crippen LogP) is 5.46. The Kier molecular flexibility index (Phi) is 4.60. The monoisotopic (exact) mass is 362 g/mol. The van der Waals surface area contributed by atoms with E-state index in [1.807, 2.05) is 12.1 Å². The van der Waals surface area contributed by atoms with E-state index in [0.29, 0.717) is 0 Å². The molecule has 0 spiro atoms. The number of hydrogen-bond acceptors (Lipinski definition) is 3. The van der Waals surface area contributed by atoms with Crippen molar-refractivity contribution in [3.8, 4) is 22.8 Å². The van der Waals surface area contributed by atoms with Gasteiger partial charge < -0.3 is 4.74 Å². The molecule has 26 heavy (non-hydrogen) atoms. The van der Waals surface area contributed by atoms with Crippen LogP contribution < -0.4 is 4.74 Å². The fourth-order valence-electron chi connectivity index (χ4n) is 3.61. The normalized spacial score (nSPS) is 13.3. The van der Waals surface area contributed by atoms with E-state index >= 15 is 0 Å². The van der Waals surface area contributed by atoms with Gasteiger partial charge in [0.15, 0.2) is 0 Å². The molecule has 0 saturated heterocycles. The first-order valence-electron chi connectivity index (χ1n) is 9.03. The molecule has 1 heterocycles. The van der Waals surface area contributed by atoms with Crippen LogP contribution in [-0.2, 0) is 12.8 Å². The van der Waals surface area contributed by atoms with Crippen molar-refractivity contribution < 1.29 is 4.74 Å². The van der Waals surface area contributed by atoms with Crippen LogP contribution in [-0.4, -0.2) is 16.7 Å². The number of hydrogen-bond donors (Lipinski definition) is 0. The second-order valence-electron chi connectivity index (χ2n) is 6.77. The van der Waals surface area contributed by atoms with Crippen molar-refractivity contribution in [2.75, 3.05) is 7.11 Å². The van der Waals surface area contributed by atoms with E-state index in [1.165, 1.54) is 29.7 Å². The molecular weight excluding hydrogens is 340 g/mol. The molecule has 4 rings (SSSR count). The minimum Gasteiger partial charge on any atom is -0.497 e. The fraction of sp³-hybridized carbons (Fsp3) is 0.273. The lowest BCUT2D eigenvalue weighted by molar-refractivity contribution is 0.414. The van der Waals surface area contributed by atoms with Gasteiger partial charge in [0.1, 0.15) is 16.2 Å². The highest BCUT2D eigenvalue weighted by Gasteiger charge is 2.20. The number of rotatable bonds is 3. The molecule has 0 amide bonds. The van der Waals surface area contributed by atoms with Gasteiger partial charge in [-0.1, -0.05) is 42.0 Å². The second-order valence-corrected chi connectivity index (χ2v) is 7.16. The smallest absolute Gasteiger partial charge is 0.146 e. The summed E-state index contributed by atoms with van der Waals surface area (Å²) in [5.74, 6) is 1.77. The van der Waals surface area contributed by atoms with E-state index in [-0.39, 0.29) is 0 Å². The Morgan fingerprint density at radius 2 is 1.65 bits per heavy atom. The molecule has 4 heteroatoms. The average molecular weight is 362 g/mol. The number of ether oxygens (including phenoxy) is 1. The number of aryl methyl sites for hydroxylation is 1. The van der Waals surface area contributed by atoms with Gasteiger partial charge in [0.25, 0.3) is 0 Å². The maximum atomic E-state index is 5.66. The van der Waals surface area contributed by atoms with Gasteiger partial charge in [-0.15, -0.1) is 0 Å². The van der Waals surface area contributed by atoms with Crippen LogP contribution in [0, 0.1) is 11.6 Å². The van der Waals surface area contributed by atoms with Crippen LogP contribution in [0.5, 0.6) is 5.75 Å². The van der Waals surface area contributed by atoms with Crippen LogP contribution in [0.2, 0.25) is 0 Å². The van der Waals surface area contributed by atoms with Crippen LogP contribution in [0.25, 0.3) is 17.1 Å². The third-order valence-corrected chi connectivity index (χ3v) is 5.36. The molecule has 3 nitrogen and oxygen atoms in total. The molecule has 0 unspecified atom stereocenters. The van der Waals surface area contributed by atoms with E-state index in [1.54, 1.807) is 7.11 Å². The summed E-state index contributed by atoms with van der Waals surface area (Å²) in [5.41, 5.74) is 5.96. The zero-order valence-electron chi connectivity index (χ0n) is 15.2. The molecular formula is C22H22N2OS. The SMILES string of the molecule is COc1ccc(-n2c(-c3ccc(C)cc3)nc(=S)c3c2CCCC3)cc1. The average Bonchev–Trinajstić information content (AvgIpc) is 2.69. The largest absolute Gasteiger partial charge is 0.497 e. The van der Waals surface area contributed by atoms with Crippen molar-refractivity contribution >= 4 is 12.2 Å². The maximum Gasteiger partial charge on any atom is 0.146 e. The number of fused-ring (bicyclic) bond motifs is 1. The highest BCUT2D eigenvalue weighted by atomic mass is 32.1. The zero-order chi connectivity index (χ0) is 18.1. The highest BCUT2D eigenvalue weighted by molar-refractivity contribution is 7.71. The molecule has 0 fully saturated rings. The number of nitrogens with zero attached hydrogens (tertiary/aromatic N) is 2. The Morgan fingerprint density at radius 1 is 0.962 bits per heavy atom. The van der Waals surface area contributed by atoms with Crippen molar-refractivity contribution in [1.82, 2.24) is 9.55 Å². The third kappa shape index (κ3) is 3.06. The van der Waals surface area contributed by atoms with Gasteiger partial charge in [-0.25, -0.2) is 4.98 Å². The summed E-state index contributed by atoms with van der Waals surface area (Å²) in [6, 6.07) is 16.7. The minimum absolute atomic E-state index is 0.750. The molecule has 1 aliphatic carbocycles. The van der Waals surface area contributed by atoms with Gasteiger partial charge in [0.05, 0.1) is 7.11 Å². The van der Waals surface area contributed by atoms with E-state index in [9.17, 15) is 0 Å². The van der Waals surface area contributed by atoms with Gasteiger partial charge in [0, 0.05) is 22.5 Å². The lowest BCUT2D eigenvalue weighted by Gasteiger charge is -2.24. The molecule has 0 N–H and O–H groups in total. The predicted molar refractivity (Wildman–Crippen MR) is 108 cm³/mol. The lowest BCUT2D eigenvalue weighted by atomic mass is 9.96. The first kappa shape index (κ1) is 17.0. The molecule has 0 aliphatic heterocycles. The first-order chi connectivity index (χ1) is 12.7. The summed E-state index contributed by atoms with van der Waals surface area (Å²) < 4.78 is 8.36. The summed E-state index contributed by atoms with van der Waals surface area (Å²) in [5, 5.41) is 0. The third-order valence-electron chi connectivity index (χ3n) is 5.03. The van der Waals surface area contributed by atoms with Gasteiger partial charge in [0.2, 0.25) is 0 Å². The van der Waals surface area contributed by atoms with Gasteiger partial charge in [-0.2, -0.15) is 0 Å². The molecule has 1 aliphatic rings. The topological polar surface area (TPSA) is 27.1 Å². The van der Waals surface area contributed by atoms with Crippen molar-refractivity contribution in [2.24, 2.45) is 0 Å². The fourth-order valence-corrected chi connectivity index (χ4v) is 3.92. The van der Waals surface area contributed by atoms with Gasteiger partial charge in [-0.3, -0.25) is 4.57 Å². The molecule has 0 atom stereocenters. The first-order valence-corrected chi connectivity index (χ1v) is 9.44. The quantitative estimate of drug-likeness (QED) is 0.579. The number of benzene rings is 2. The van der Waals surface area contributed by atoms with Gasteiger partial charge in [-0.05, 0) is 56.9 Å². The van der Waals surface area contributed by atoms with Crippen molar-refractivity contribution in [3.05, 3.63) is 70.0 Å². The van der Waals surface area contributed by atoms with E-state index in [2.05, 4.69) is 47.9 Å². The molecule has 2 aromatic carbocycles. The van der Waals surface area contributed by atoms with E-state index < -0.39 is 0 Å². The van der Waals surface area contributed by atoms with Crippen molar-refractivity contribution in [1.29, 1.82) is 0 Å². The summed E-state index contributed by atoms with van der Waals surface area (Å²) >= 11 is 5.66. The molecule has 3 aromatic rings. The Morgan fingerprint density at radius 3 is 2.35 bits per heavy atom. The molecule has 1 aromatic heterocycles. The van der Waals surface area contributed by atoms with Crippen molar-refractivity contribution in [3.63, 3.8) is 0 Å². The Hall–Kier alpha value is -2.46. The number of methoxy groups -OCH3 is 1. The van der Waals surface area contributed by atoms with E-state index in [4.69, 9.17) is 21.9 Å². The van der Waals surface area contributed by atoms with Crippen LogP contribution >= 0.6 is 12.2 Å². The summed E-state index contributed by atoms with van der Waals surface area (Å²) in [7, 11) is 1.69. The Labute approximate surface area is 159 Å². The summed E-state index contributed by atoms with van der Waals surface area (Å²) in [6.07, 6.45) is 4.43. The molecule has 0 bridgehead atoms. The molecule has 132 valence electrons. The highest BCUT2D eigenvalue weighted by Crippen LogP contribution is 2.31. The van der Waals surface area contributed by atoms with Crippen LogP contribution in [0.15, 0.2) is 48.5 Å². The maximum absolute atomic E-state index is 5.66. The van der Waals surface area contributed by atoms with Crippen LogP contribution in [0.1, 0.15) is 29.7 Å². The second kappa shape index (κ2) is 7.04. The van der Waals surface area contributed by atoms with Gasteiger partial charge >= 0.3 is 0 Å². The summed E-state index contributed by atoms with van der Waals surface area (Å²) in [4.78, 5) is 4.85. The minimum atomic E-state index is 0.750. The van der Waals surface area contributed by atoms with Crippen molar-refractivity contribution in [2.45, 2.75) is 32.6 Å². The molecule has 0 radical (unpaired) electrons. The Bertz CT molecular complexity index is 988. The zero-order valence-corrected chi connectivity index (χ0v) is 16.0. The van der Waals surface area contributed by atoms with Crippen LogP contribution in [0.3, 0.4) is 0 Å². The van der Waals surface area contributed by atoms with E-state index in [0.717, 1.165) is 40.3 Å². The number of aromatic nitrogens is 2. The molecule has 0 saturated carbocycles. The Balaban J connectivity index is 1.99.